The van der Waals surface area contributed by atoms with Crippen LogP contribution in [-0.4, -0.2) is 54.3 Å². The van der Waals surface area contributed by atoms with Crippen LogP contribution < -0.4 is 0 Å². The van der Waals surface area contributed by atoms with Crippen LogP contribution in [-0.2, 0) is 32.6 Å². The van der Waals surface area contributed by atoms with Crippen molar-refractivity contribution in [2.45, 2.75) is 36.9 Å². The standard InChI is InChI=1S/C25H27N3O6S2/c29-25(26(18-23-9-5-15-35-23)16-20-6-2-1-3-7-20)19-27(17-22-8-4-14-34-22)36(32,33)24-12-10-21(11-13-24)28(30)31/h1-3,5-7,9-13,15,22H,4,8,14,16-19H2. The summed E-state index contributed by atoms with van der Waals surface area (Å²) in [5.41, 5.74) is 0.729. The first-order valence-electron chi connectivity index (χ1n) is 11.5. The summed E-state index contributed by atoms with van der Waals surface area (Å²) in [7, 11) is -4.11. The van der Waals surface area contributed by atoms with Crippen molar-refractivity contribution in [3.63, 3.8) is 0 Å². The van der Waals surface area contributed by atoms with Gasteiger partial charge >= 0.3 is 0 Å². The second-order valence-corrected chi connectivity index (χ2v) is 11.5. The summed E-state index contributed by atoms with van der Waals surface area (Å²) in [6.45, 7) is 0.906. The van der Waals surface area contributed by atoms with E-state index in [1.165, 1.54) is 23.5 Å². The molecule has 11 heteroatoms. The molecular formula is C25H27N3O6S2. The van der Waals surface area contributed by atoms with Gasteiger partial charge in [0.25, 0.3) is 5.69 Å². The highest BCUT2D eigenvalue weighted by Crippen LogP contribution is 2.23. The van der Waals surface area contributed by atoms with Gasteiger partial charge in [-0.05, 0) is 42.0 Å². The molecule has 0 radical (unpaired) electrons. The molecule has 190 valence electrons. The highest BCUT2D eigenvalue weighted by atomic mass is 32.2. The molecule has 0 aliphatic carbocycles. The topological polar surface area (TPSA) is 110 Å². The summed E-state index contributed by atoms with van der Waals surface area (Å²) in [6, 6.07) is 18.1. The number of non-ortho nitro benzene ring substituents is 1. The number of amides is 1. The molecule has 1 aliphatic rings. The number of thiophene rings is 1. The number of ether oxygens (including phenoxy) is 1. The minimum absolute atomic E-state index is 0.0310. The van der Waals surface area contributed by atoms with Gasteiger partial charge in [-0.2, -0.15) is 4.31 Å². The van der Waals surface area contributed by atoms with Gasteiger partial charge in [0.2, 0.25) is 15.9 Å². The molecule has 0 bridgehead atoms. The number of nitro groups is 1. The quantitative estimate of drug-likeness (QED) is 0.274. The van der Waals surface area contributed by atoms with E-state index in [2.05, 4.69) is 0 Å². The zero-order valence-electron chi connectivity index (χ0n) is 19.6. The van der Waals surface area contributed by atoms with Gasteiger partial charge < -0.3 is 9.64 Å². The lowest BCUT2D eigenvalue weighted by atomic mass is 10.2. The van der Waals surface area contributed by atoms with Crippen LogP contribution in [0.4, 0.5) is 5.69 Å². The van der Waals surface area contributed by atoms with Crippen LogP contribution >= 0.6 is 11.3 Å². The summed E-state index contributed by atoms with van der Waals surface area (Å²) < 4.78 is 33.9. The fourth-order valence-electron chi connectivity index (χ4n) is 4.03. The Hall–Kier alpha value is -3.12. The average molecular weight is 530 g/mol. The van der Waals surface area contributed by atoms with E-state index in [1.807, 2.05) is 47.8 Å². The van der Waals surface area contributed by atoms with Crippen LogP contribution in [0.25, 0.3) is 0 Å². The van der Waals surface area contributed by atoms with Crippen molar-refractivity contribution >= 4 is 33.0 Å². The molecule has 1 saturated heterocycles. The van der Waals surface area contributed by atoms with E-state index < -0.39 is 14.9 Å². The number of rotatable bonds is 11. The molecule has 9 nitrogen and oxygen atoms in total. The lowest BCUT2D eigenvalue weighted by Crippen LogP contribution is -2.45. The molecule has 0 spiro atoms. The van der Waals surface area contributed by atoms with Crippen LogP contribution in [0, 0.1) is 10.1 Å². The van der Waals surface area contributed by atoms with Crippen molar-refractivity contribution < 1.29 is 22.9 Å². The van der Waals surface area contributed by atoms with Gasteiger partial charge in [-0.25, -0.2) is 8.42 Å². The maximum Gasteiger partial charge on any atom is 0.269 e. The largest absolute Gasteiger partial charge is 0.377 e. The van der Waals surface area contributed by atoms with Crippen LogP contribution in [0.15, 0.2) is 77.0 Å². The van der Waals surface area contributed by atoms with E-state index in [1.54, 1.807) is 4.90 Å². The molecule has 1 aromatic heterocycles. The zero-order chi connectivity index (χ0) is 25.5. The maximum atomic E-state index is 13.6. The molecule has 36 heavy (non-hydrogen) atoms. The maximum absolute atomic E-state index is 13.6. The predicted octanol–water partition coefficient (Wildman–Crippen LogP) is 4.06. The van der Waals surface area contributed by atoms with Crippen LogP contribution in [0.2, 0.25) is 0 Å². The zero-order valence-corrected chi connectivity index (χ0v) is 21.2. The summed E-state index contributed by atoms with van der Waals surface area (Å²) in [6.07, 6.45) is 1.21. The van der Waals surface area contributed by atoms with Crippen LogP contribution in [0.5, 0.6) is 0 Å². The Balaban J connectivity index is 1.59. The lowest BCUT2D eigenvalue weighted by molar-refractivity contribution is -0.384. The SMILES string of the molecule is O=C(CN(CC1CCCO1)S(=O)(=O)c1ccc([N+](=O)[O-])cc1)N(Cc1ccccc1)Cc1cccs1. The van der Waals surface area contributed by atoms with Crippen molar-refractivity contribution in [3.8, 4) is 0 Å². The lowest BCUT2D eigenvalue weighted by Gasteiger charge is -2.28. The van der Waals surface area contributed by atoms with E-state index in [4.69, 9.17) is 4.74 Å². The molecule has 1 aliphatic heterocycles. The molecule has 0 N–H and O–H groups in total. The van der Waals surface area contributed by atoms with E-state index in [0.717, 1.165) is 33.3 Å². The van der Waals surface area contributed by atoms with E-state index in [0.29, 0.717) is 26.1 Å². The molecule has 2 aromatic carbocycles. The van der Waals surface area contributed by atoms with E-state index in [9.17, 15) is 23.3 Å². The van der Waals surface area contributed by atoms with Gasteiger partial charge in [-0.3, -0.25) is 14.9 Å². The van der Waals surface area contributed by atoms with Gasteiger partial charge in [0.1, 0.15) is 0 Å². The minimum atomic E-state index is -4.11. The van der Waals surface area contributed by atoms with Crippen molar-refractivity contribution in [2.24, 2.45) is 0 Å². The molecule has 1 fully saturated rings. The second-order valence-electron chi connectivity index (χ2n) is 8.50. The van der Waals surface area contributed by atoms with Crippen molar-refractivity contribution in [1.29, 1.82) is 0 Å². The fraction of sp³-hybridized carbons (Fsp3) is 0.320. The third kappa shape index (κ3) is 6.55. The van der Waals surface area contributed by atoms with Crippen molar-refractivity contribution in [2.75, 3.05) is 19.7 Å². The van der Waals surface area contributed by atoms with Crippen molar-refractivity contribution in [1.82, 2.24) is 9.21 Å². The summed E-state index contributed by atoms with van der Waals surface area (Å²) in [5, 5.41) is 12.9. The number of carbonyl (C=O) groups excluding carboxylic acids is 1. The minimum Gasteiger partial charge on any atom is -0.377 e. The number of nitro benzene ring substituents is 1. The normalized spacial score (nSPS) is 15.8. The third-order valence-corrected chi connectivity index (χ3v) is 8.61. The van der Waals surface area contributed by atoms with Gasteiger partial charge in [0, 0.05) is 36.7 Å². The fourth-order valence-corrected chi connectivity index (χ4v) is 6.17. The van der Waals surface area contributed by atoms with Crippen LogP contribution in [0.1, 0.15) is 23.3 Å². The third-order valence-electron chi connectivity index (χ3n) is 5.92. The first-order chi connectivity index (χ1) is 17.3. The Morgan fingerprint density at radius 2 is 1.81 bits per heavy atom. The average Bonchev–Trinajstić information content (AvgIpc) is 3.58. The second kappa shape index (κ2) is 11.7. The Labute approximate surface area is 214 Å². The molecule has 1 unspecified atom stereocenters. The summed E-state index contributed by atoms with van der Waals surface area (Å²) in [4.78, 5) is 26.5. The predicted molar refractivity (Wildman–Crippen MR) is 136 cm³/mol. The first kappa shape index (κ1) is 26.0. The number of hydrogen-bond donors (Lipinski definition) is 0. The molecule has 4 rings (SSSR count). The Morgan fingerprint density at radius 1 is 1.06 bits per heavy atom. The van der Waals surface area contributed by atoms with Crippen molar-refractivity contribution in [3.05, 3.63) is 92.7 Å². The number of sulfonamides is 1. The molecule has 3 aromatic rings. The molecule has 1 amide bonds. The van der Waals surface area contributed by atoms with Gasteiger partial charge in [0.05, 0.1) is 29.0 Å². The summed E-state index contributed by atoms with van der Waals surface area (Å²) >= 11 is 1.53. The molecule has 1 atom stereocenters. The van der Waals surface area contributed by atoms with Gasteiger partial charge in [-0.15, -0.1) is 11.3 Å². The number of nitrogens with zero attached hydrogens (tertiary/aromatic N) is 3. The van der Waals surface area contributed by atoms with E-state index in [-0.39, 0.29) is 35.7 Å². The molecule has 2 heterocycles. The highest BCUT2D eigenvalue weighted by Gasteiger charge is 2.32. The smallest absolute Gasteiger partial charge is 0.269 e. The Kier molecular flexibility index (Phi) is 8.47. The first-order valence-corrected chi connectivity index (χ1v) is 13.8. The Bertz CT molecular complexity index is 1260. The Morgan fingerprint density at radius 3 is 2.42 bits per heavy atom. The monoisotopic (exact) mass is 529 g/mol. The van der Waals surface area contributed by atoms with Gasteiger partial charge in [0.15, 0.2) is 0 Å². The van der Waals surface area contributed by atoms with Crippen LogP contribution in [0.3, 0.4) is 0 Å². The number of carbonyl (C=O) groups is 1. The highest BCUT2D eigenvalue weighted by molar-refractivity contribution is 7.89. The molecular weight excluding hydrogens is 502 g/mol. The summed E-state index contributed by atoms with van der Waals surface area (Å²) in [5.74, 6) is -0.337. The number of hydrogen-bond acceptors (Lipinski definition) is 7. The van der Waals surface area contributed by atoms with E-state index >= 15 is 0 Å². The molecule has 0 saturated carbocycles. The number of benzene rings is 2. The van der Waals surface area contributed by atoms with Gasteiger partial charge in [-0.1, -0.05) is 36.4 Å².